The molecule has 0 fully saturated rings. The molecule has 1 aromatic rings. The van der Waals surface area contributed by atoms with Gasteiger partial charge < -0.3 is 24.4 Å². The molecule has 1 rings (SSSR count). The molecule has 25 heavy (non-hydrogen) atoms. The molecule has 0 aliphatic rings. The fourth-order valence-electron chi connectivity index (χ4n) is 2.26. The molecule has 138 valence electrons. The average Bonchev–Trinajstić information content (AvgIpc) is 2.43. The van der Waals surface area contributed by atoms with Crippen LogP contribution in [0.15, 0.2) is 18.2 Å². The number of rotatable bonds is 10. The monoisotopic (exact) mass is 400 g/mol. The molecular formula is C15H25KN2O6S. The van der Waals surface area contributed by atoms with Crippen molar-refractivity contribution in [3.05, 3.63) is 29.3 Å². The van der Waals surface area contributed by atoms with E-state index in [0.29, 0.717) is 5.75 Å². The Kier molecular flexibility index (Phi) is 12.2. The van der Waals surface area contributed by atoms with Crippen molar-refractivity contribution in [2.45, 2.75) is 26.1 Å². The van der Waals surface area contributed by atoms with E-state index in [2.05, 4.69) is 0 Å². The fraction of sp³-hybridized carbons (Fsp3) is 0.600. The van der Waals surface area contributed by atoms with Crippen molar-refractivity contribution in [1.82, 2.24) is 9.62 Å². The summed E-state index contributed by atoms with van der Waals surface area (Å²) < 4.78 is 38.5. The quantitative estimate of drug-likeness (QED) is 0.274. The summed E-state index contributed by atoms with van der Waals surface area (Å²) in [4.78, 5) is 1.62. The third-order valence-electron chi connectivity index (χ3n) is 3.30. The maximum Gasteiger partial charge on any atom is 1.00 e. The molecule has 0 aromatic heterocycles. The van der Waals surface area contributed by atoms with Crippen LogP contribution in [0.5, 0.6) is 5.75 Å². The standard InChI is InChI=1S/C15H26N2O6S.K/c1-11-4-5-15(12(2)6-11)23-10-14(19)9-17(3)8-13(18)7-16-24(20,21)22;/h4-6,13-14,16,18-19H,7-10H2,1-3H3,(H,20,21,22);/q;+1/p-1. The molecule has 8 nitrogen and oxygen atoms in total. The molecule has 2 unspecified atom stereocenters. The normalized spacial score (nSPS) is 14.0. The van der Waals surface area contributed by atoms with Crippen molar-refractivity contribution in [3.63, 3.8) is 0 Å². The summed E-state index contributed by atoms with van der Waals surface area (Å²) in [5, 5.41) is 19.6. The van der Waals surface area contributed by atoms with Crippen LogP contribution in [-0.4, -0.2) is 73.6 Å². The third-order valence-corrected chi connectivity index (χ3v) is 3.82. The second-order valence-electron chi connectivity index (χ2n) is 5.91. The minimum Gasteiger partial charge on any atom is -0.735 e. The molecule has 3 N–H and O–H groups in total. The number of aliphatic hydroxyl groups excluding tert-OH is 2. The van der Waals surface area contributed by atoms with E-state index in [0.717, 1.165) is 11.1 Å². The molecule has 0 amide bonds. The molecule has 0 aliphatic carbocycles. The second kappa shape index (κ2) is 12.0. The fourth-order valence-corrected chi connectivity index (χ4v) is 2.65. The summed E-state index contributed by atoms with van der Waals surface area (Å²) in [5.74, 6) is 0.701. The number of hydrogen-bond acceptors (Lipinski definition) is 7. The van der Waals surface area contributed by atoms with Crippen LogP contribution in [0.2, 0.25) is 0 Å². The van der Waals surface area contributed by atoms with Gasteiger partial charge in [0.2, 0.25) is 0 Å². The first-order valence-corrected chi connectivity index (χ1v) is 8.93. The van der Waals surface area contributed by atoms with Gasteiger partial charge in [-0.05, 0) is 32.5 Å². The van der Waals surface area contributed by atoms with E-state index in [1.54, 1.807) is 16.7 Å². The minimum atomic E-state index is -4.57. The summed E-state index contributed by atoms with van der Waals surface area (Å²) in [6.07, 6.45) is -1.83. The van der Waals surface area contributed by atoms with E-state index >= 15 is 0 Å². The molecule has 0 radical (unpaired) electrons. The zero-order valence-corrected chi connectivity index (χ0v) is 19.0. The van der Waals surface area contributed by atoms with Crippen LogP contribution in [0, 0.1) is 13.8 Å². The summed E-state index contributed by atoms with van der Waals surface area (Å²) in [6, 6.07) is 5.76. The van der Waals surface area contributed by atoms with Gasteiger partial charge in [-0.2, -0.15) is 0 Å². The summed E-state index contributed by atoms with van der Waals surface area (Å²) >= 11 is 0. The first-order valence-electron chi connectivity index (χ1n) is 7.52. The van der Waals surface area contributed by atoms with E-state index < -0.39 is 22.5 Å². The Labute approximate surface area is 191 Å². The number of benzene rings is 1. The molecule has 0 heterocycles. The number of aryl methyl sites for hydroxylation is 2. The van der Waals surface area contributed by atoms with Crippen molar-refractivity contribution in [2.75, 3.05) is 33.3 Å². The van der Waals surface area contributed by atoms with Gasteiger partial charge in [-0.1, -0.05) is 17.7 Å². The van der Waals surface area contributed by atoms with Gasteiger partial charge in [0.15, 0.2) is 10.3 Å². The molecule has 0 spiro atoms. The summed E-state index contributed by atoms with van der Waals surface area (Å²) in [7, 11) is -2.91. The van der Waals surface area contributed by atoms with E-state index in [1.807, 2.05) is 32.0 Å². The Balaban J connectivity index is 0.00000576. The second-order valence-corrected chi connectivity index (χ2v) is 7.11. The number of aliphatic hydroxyl groups is 2. The maximum atomic E-state index is 10.4. The van der Waals surface area contributed by atoms with E-state index in [1.165, 1.54) is 0 Å². The number of likely N-dealkylation sites (N-methyl/N-ethyl adjacent to an activating group) is 1. The average molecular weight is 401 g/mol. The van der Waals surface area contributed by atoms with Crippen molar-refractivity contribution in [2.24, 2.45) is 0 Å². The maximum absolute atomic E-state index is 10.4. The van der Waals surface area contributed by atoms with Gasteiger partial charge in [0.1, 0.15) is 18.5 Å². The van der Waals surface area contributed by atoms with Gasteiger partial charge in [-0.3, -0.25) is 0 Å². The predicted molar refractivity (Wildman–Crippen MR) is 88.6 cm³/mol. The van der Waals surface area contributed by atoms with Crippen LogP contribution in [-0.2, 0) is 10.3 Å². The number of nitrogens with zero attached hydrogens (tertiary/aromatic N) is 1. The van der Waals surface area contributed by atoms with Crippen molar-refractivity contribution in [3.8, 4) is 5.75 Å². The zero-order valence-electron chi connectivity index (χ0n) is 15.1. The van der Waals surface area contributed by atoms with Crippen LogP contribution in [0.1, 0.15) is 11.1 Å². The number of ether oxygens (including phenoxy) is 1. The van der Waals surface area contributed by atoms with Crippen LogP contribution >= 0.6 is 0 Å². The van der Waals surface area contributed by atoms with Crippen molar-refractivity contribution < 1.29 is 79.3 Å². The molecule has 0 saturated heterocycles. The van der Waals surface area contributed by atoms with Crippen LogP contribution in [0.3, 0.4) is 0 Å². The molecule has 0 bridgehead atoms. The molecule has 0 saturated carbocycles. The number of nitrogens with one attached hydrogen (secondary N) is 1. The largest absolute Gasteiger partial charge is 1.00 e. The van der Waals surface area contributed by atoms with E-state index in [-0.39, 0.29) is 77.6 Å². The molecule has 1 aromatic carbocycles. The Morgan fingerprint density at radius 2 is 1.84 bits per heavy atom. The summed E-state index contributed by atoms with van der Waals surface area (Å²) in [6.45, 7) is 3.96. The van der Waals surface area contributed by atoms with Gasteiger partial charge in [0.05, 0.1) is 6.10 Å². The van der Waals surface area contributed by atoms with Crippen molar-refractivity contribution in [1.29, 1.82) is 0 Å². The minimum absolute atomic E-state index is 0. The predicted octanol–water partition coefficient (Wildman–Crippen LogP) is -3.61. The van der Waals surface area contributed by atoms with Gasteiger partial charge in [0, 0.05) is 19.6 Å². The van der Waals surface area contributed by atoms with Gasteiger partial charge >= 0.3 is 51.4 Å². The Morgan fingerprint density at radius 1 is 1.24 bits per heavy atom. The molecule has 2 atom stereocenters. The number of hydrogen-bond donors (Lipinski definition) is 3. The van der Waals surface area contributed by atoms with Gasteiger partial charge in [-0.15, -0.1) is 0 Å². The van der Waals surface area contributed by atoms with Crippen molar-refractivity contribution >= 4 is 10.3 Å². The van der Waals surface area contributed by atoms with Crippen LogP contribution < -0.4 is 60.8 Å². The van der Waals surface area contributed by atoms with Gasteiger partial charge in [0.25, 0.3) is 0 Å². The molecule has 0 aliphatic heterocycles. The first-order chi connectivity index (χ1) is 11.1. The van der Waals surface area contributed by atoms with E-state index in [4.69, 9.17) is 4.74 Å². The van der Waals surface area contributed by atoms with E-state index in [9.17, 15) is 23.2 Å². The first kappa shape index (κ1) is 25.4. The topological polar surface area (TPSA) is 122 Å². The van der Waals surface area contributed by atoms with Gasteiger partial charge in [-0.25, -0.2) is 13.1 Å². The third kappa shape index (κ3) is 11.7. The smallest absolute Gasteiger partial charge is 0.735 e. The Morgan fingerprint density at radius 3 is 2.40 bits per heavy atom. The molecular weight excluding hydrogens is 375 g/mol. The zero-order chi connectivity index (χ0) is 18.3. The summed E-state index contributed by atoms with van der Waals surface area (Å²) in [5.41, 5.74) is 2.11. The Hall–Kier alpha value is 0.406. The Bertz CT molecular complexity index is 628. The van der Waals surface area contributed by atoms with Crippen LogP contribution in [0.25, 0.3) is 0 Å². The SMILES string of the molecule is Cc1ccc(OCC(O)CN(C)CC(O)CNS(=O)(=O)[O-])c(C)c1.[K+]. The van der Waals surface area contributed by atoms with Crippen LogP contribution in [0.4, 0.5) is 0 Å². The molecule has 10 heteroatoms.